The van der Waals surface area contributed by atoms with Crippen LogP contribution in [0.4, 0.5) is 5.69 Å². The zero-order chi connectivity index (χ0) is 14.0. The summed E-state index contributed by atoms with van der Waals surface area (Å²) in [5.41, 5.74) is 6.64. The minimum absolute atomic E-state index is 0.205. The number of nitrogens with two attached hydrogens (primary N) is 1. The monoisotopic (exact) mass is 355 g/mol. The van der Waals surface area contributed by atoms with Crippen molar-refractivity contribution in [1.29, 1.82) is 0 Å². The van der Waals surface area contributed by atoms with Crippen LogP contribution in [0.2, 0.25) is 0 Å². The average Bonchev–Trinajstić information content (AvgIpc) is 2.19. The summed E-state index contributed by atoms with van der Waals surface area (Å²) in [5.74, 6) is -0.937. The molecular weight excluding hydrogens is 342 g/mol. The number of nitrogen functional groups attached to an aromatic ring is 1. The van der Waals surface area contributed by atoms with Gasteiger partial charge < -0.3 is 5.73 Å². The zero-order valence-corrected chi connectivity index (χ0v) is 13.0. The summed E-state index contributed by atoms with van der Waals surface area (Å²) in [5, 5.41) is 0. The average molecular weight is 356 g/mol. The molecule has 0 atom stereocenters. The molecule has 1 aromatic carbocycles. The molecule has 0 saturated heterocycles. The molecule has 0 aliphatic heterocycles. The van der Waals surface area contributed by atoms with Crippen LogP contribution in [0.1, 0.15) is 5.56 Å². The third-order valence-electron chi connectivity index (χ3n) is 2.22. The zero-order valence-electron chi connectivity index (χ0n) is 9.76. The third-order valence-corrected chi connectivity index (χ3v) is 5.74. The Kier molecular flexibility index (Phi) is 4.79. The molecule has 8 heteroatoms. The number of benzene rings is 1. The van der Waals surface area contributed by atoms with Crippen molar-refractivity contribution >= 4 is 41.3 Å². The van der Waals surface area contributed by atoms with E-state index < -0.39 is 19.7 Å². The van der Waals surface area contributed by atoms with Gasteiger partial charge in [-0.1, -0.05) is 22.0 Å². The largest absolute Gasteiger partial charge is 0.399 e. The normalized spacial score (nSPS) is 12.6. The first-order chi connectivity index (χ1) is 8.09. The standard InChI is InChI=1S/C10H14BrNO4S2/c1-17(13,14)4-5-18(15,16)7-8-2-3-9(12)6-10(8)11/h2-3,6H,4-5,7,12H2,1H3. The molecule has 1 rings (SSSR count). The predicted molar refractivity (Wildman–Crippen MR) is 75.8 cm³/mol. The Labute approximate surface area is 115 Å². The van der Waals surface area contributed by atoms with E-state index >= 15 is 0 Å². The van der Waals surface area contributed by atoms with E-state index in [-0.39, 0.29) is 17.3 Å². The third kappa shape index (κ3) is 5.36. The summed E-state index contributed by atoms with van der Waals surface area (Å²) >= 11 is 3.23. The van der Waals surface area contributed by atoms with Crippen LogP contribution >= 0.6 is 15.9 Å². The highest BCUT2D eigenvalue weighted by Crippen LogP contribution is 2.22. The van der Waals surface area contributed by atoms with Crippen molar-refractivity contribution in [1.82, 2.24) is 0 Å². The first kappa shape index (κ1) is 15.5. The summed E-state index contributed by atoms with van der Waals surface area (Å²) in [4.78, 5) is 0. The Balaban J connectivity index is 2.83. The van der Waals surface area contributed by atoms with E-state index in [4.69, 9.17) is 5.73 Å². The van der Waals surface area contributed by atoms with Crippen molar-refractivity contribution in [2.45, 2.75) is 5.75 Å². The lowest BCUT2D eigenvalue weighted by Gasteiger charge is -2.06. The van der Waals surface area contributed by atoms with Gasteiger partial charge in [-0.2, -0.15) is 0 Å². The number of hydrogen-bond donors (Lipinski definition) is 1. The summed E-state index contributed by atoms with van der Waals surface area (Å²) in [6.07, 6.45) is 1.02. The molecule has 0 aliphatic carbocycles. The lowest BCUT2D eigenvalue weighted by Crippen LogP contribution is -2.17. The molecule has 0 heterocycles. The van der Waals surface area contributed by atoms with E-state index in [2.05, 4.69) is 15.9 Å². The van der Waals surface area contributed by atoms with E-state index in [1.807, 2.05) is 0 Å². The van der Waals surface area contributed by atoms with Gasteiger partial charge in [0, 0.05) is 16.4 Å². The maximum atomic E-state index is 11.8. The van der Waals surface area contributed by atoms with Crippen molar-refractivity contribution in [3.05, 3.63) is 28.2 Å². The van der Waals surface area contributed by atoms with Gasteiger partial charge in [0.05, 0.1) is 17.3 Å². The molecule has 0 saturated carbocycles. The number of hydrogen-bond acceptors (Lipinski definition) is 5. The second kappa shape index (κ2) is 5.58. The molecule has 18 heavy (non-hydrogen) atoms. The summed E-state index contributed by atoms with van der Waals surface area (Å²) < 4.78 is 46.0. The Morgan fingerprint density at radius 3 is 2.28 bits per heavy atom. The molecule has 2 N–H and O–H groups in total. The van der Waals surface area contributed by atoms with E-state index in [1.165, 1.54) is 0 Å². The Morgan fingerprint density at radius 1 is 1.17 bits per heavy atom. The van der Waals surface area contributed by atoms with Gasteiger partial charge in [0.25, 0.3) is 0 Å². The second-order valence-electron chi connectivity index (χ2n) is 4.07. The maximum Gasteiger partial charge on any atom is 0.155 e. The predicted octanol–water partition coefficient (Wildman–Crippen LogP) is 0.991. The Morgan fingerprint density at radius 2 is 1.78 bits per heavy atom. The summed E-state index contributed by atoms with van der Waals surface area (Å²) in [6.45, 7) is 0. The molecule has 0 fully saturated rings. The fourth-order valence-electron chi connectivity index (χ4n) is 1.27. The van der Waals surface area contributed by atoms with Crippen LogP contribution in [0.5, 0.6) is 0 Å². The highest BCUT2D eigenvalue weighted by molar-refractivity contribution is 9.10. The quantitative estimate of drug-likeness (QED) is 0.794. The summed E-state index contributed by atoms with van der Waals surface area (Å²) in [6, 6.07) is 4.82. The molecule has 0 radical (unpaired) electrons. The lowest BCUT2D eigenvalue weighted by atomic mass is 10.2. The molecule has 5 nitrogen and oxygen atoms in total. The molecule has 0 bridgehead atoms. The van der Waals surface area contributed by atoms with Gasteiger partial charge in [-0.05, 0) is 17.7 Å². The van der Waals surface area contributed by atoms with Crippen LogP contribution in [0.15, 0.2) is 22.7 Å². The fraction of sp³-hybridized carbons (Fsp3) is 0.400. The van der Waals surface area contributed by atoms with E-state index in [0.29, 0.717) is 15.7 Å². The molecule has 0 amide bonds. The van der Waals surface area contributed by atoms with Crippen LogP contribution in [-0.2, 0) is 25.4 Å². The van der Waals surface area contributed by atoms with Gasteiger partial charge in [0.2, 0.25) is 0 Å². The van der Waals surface area contributed by atoms with Crippen LogP contribution in [-0.4, -0.2) is 34.6 Å². The van der Waals surface area contributed by atoms with Crippen molar-refractivity contribution in [3.8, 4) is 0 Å². The molecule has 0 aliphatic rings. The topological polar surface area (TPSA) is 94.3 Å². The van der Waals surface area contributed by atoms with Gasteiger partial charge >= 0.3 is 0 Å². The molecule has 102 valence electrons. The Bertz CT molecular complexity index is 638. The van der Waals surface area contributed by atoms with Gasteiger partial charge in [0.1, 0.15) is 9.84 Å². The van der Waals surface area contributed by atoms with Crippen molar-refractivity contribution in [3.63, 3.8) is 0 Å². The van der Waals surface area contributed by atoms with Gasteiger partial charge in [-0.15, -0.1) is 0 Å². The Hall–Kier alpha value is -0.600. The first-order valence-electron chi connectivity index (χ1n) is 5.01. The maximum absolute atomic E-state index is 11.8. The van der Waals surface area contributed by atoms with Crippen molar-refractivity contribution in [2.24, 2.45) is 0 Å². The minimum Gasteiger partial charge on any atom is -0.399 e. The first-order valence-corrected chi connectivity index (χ1v) is 9.69. The van der Waals surface area contributed by atoms with E-state index in [0.717, 1.165) is 6.26 Å². The van der Waals surface area contributed by atoms with Gasteiger partial charge in [-0.3, -0.25) is 0 Å². The van der Waals surface area contributed by atoms with Crippen molar-refractivity contribution < 1.29 is 16.8 Å². The van der Waals surface area contributed by atoms with E-state index in [1.54, 1.807) is 18.2 Å². The van der Waals surface area contributed by atoms with Crippen LogP contribution < -0.4 is 5.73 Å². The molecule has 0 aromatic heterocycles. The molecule has 1 aromatic rings. The van der Waals surface area contributed by atoms with Crippen molar-refractivity contribution in [2.75, 3.05) is 23.5 Å². The highest BCUT2D eigenvalue weighted by atomic mass is 79.9. The number of rotatable bonds is 5. The van der Waals surface area contributed by atoms with Crippen LogP contribution in [0.25, 0.3) is 0 Å². The minimum atomic E-state index is -3.45. The smallest absolute Gasteiger partial charge is 0.155 e. The fourth-order valence-corrected chi connectivity index (χ4v) is 5.09. The summed E-state index contributed by atoms with van der Waals surface area (Å²) in [7, 11) is -6.73. The van der Waals surface area contributed by atoms with Crippen LogP contribution in [0, 0.1) is 0 Å². The van der Waals surface area contributed by atoms with Crippen LogP contribution in [0.3, 0.4) is 0 Å². The molecular formula is C10H14BrNO4S2. The van der Waals surface area contributed by atoms with Gasteiger partial charge in [-0.25, -0.2) is 16.8 Å². The molecule has 0 spiro atoms. The highest BCUT2D eigenvalue weighted by Gasteiger charge is 2.17. The number of sulfone groups is 2. The SMILES string of the molecule is CS(=O)(=O)CCS(=O)(=O)Cc1ccc(N)cc1Br. The number of halogens is 1. The number of anilines is 1. The van der Waals surface area contributed by atoms with Gasteiger partial charge in [0.15, 0.2) is 9.84 Å². The second-order valence-corrected chi connectivity index (χ2v) is 9.37. The van der Waals surface area contributed by atoms with E-state index in [9.17, 15) is 16.8 Å². The lowest BCUT2D eigenvalue weighted by molar-refractivity contribution is 0.589. The molecule has 0 unspecified atom stereocenters.